The van der Waals surface area contributed by atoms with Crippen molar-refractivity contribution in [2.24, 2.45) is 5.92 Å². The van der Waals surface area contributed by atoms with Gasteiger partial charge in [0.05, 0.1) is 24.4 Å². The predicted octanol–water partition coefficient (Wildman–Crippen LogP) is 3.30. The summed E-state index contributed by atoms with van der Waals surface area (Å²) in [4.78, 5) is 37.1. The minimum Gasteiger partial charge on any atom is -0.465 e. The summed E-state index contributed by atoms with van der Waals surface area (Å²) in [6.07, 6.45) is 1.62. The van der Waals surface area contributed by atoms with Crippen molar-refractivity contribution < 1.29 is 14.3 Å². The number of aromatic nitrogens is 2. The molecule has 1 fully saturated rings. The van der Waals surface area contributed by atoms with Gasteiger partial charge in [-0.1, -0.05) is 26.0 Å². The second kappa shape index (κ2) is 9.09. The van der Waals surface area contributed by atoms with E-state index in [9.17, 15) is 9.59 Å². The summed E-state index contributed by atoms with van der Waals surface area (Å²) >= 11 is 5.92. The predicted molar refractivity (Wildman–Crippen MR) is 111 cm³/mol. The Balaban J connectivity index is 1.77. The lowest BCUT2D eigenvalue weighted by Crippen LogP contribution is -2.58. The number of nitrogens with zero attached hydrogens (tertiary/aromatic N) is 4. The first-order chi connectivity index (χ1) is 13.9. The summed E-state index contributed by atoms with van der Waals surface area (Å²) in [7, 11) is 1.31. The summed E-state index contributed by atoms with van der Waals surface area (Å²) in [6, 6.07) is 8.32. The van der Waals surface area contributed by atoms with Gasteiger partial charge in [0.15, 0.2) is 0 Å². The number of carbonyl (C=O) groups excluding carboxylic acids is 2. The molecular formula is C20H24ClN5O3. The summed E-state index contributed by atoms with van der Waals surface area (Å²) in [6.45, 7) is 5.89. The smallest absolute Gasteiger partial charge is 0.339 e. The number of hydrogen-bond donors (Lipinski definition) is 1. The molecule has 29 heavy (non-hydrogen) atoms. The Labute approximate surface area is 174 Å². The zero-order valence-corrected chi connectivity index (χ0v) is 17.4. The van der Waals surface area contributed by atoms with Gasteiger partial charge in [-0.15, -0.1) is 0 Å². The zero-order chi connectivity index (χ0) is 21.0. The number of para-hydroxylation sites is 1. The van der Waals surface area contributed by atoms with E-state index in [1.807, 2.05) is 6.07 Å². The van der Waals surface area contributed by atoms with Crippen LogP contribution in [0.25, 0.3) is 0 Å². The van der Waals surface area contributed by atoms with Crippen molar-refractivity contribution in [3.8, 4) is 0 Å². The second-order valence-corrected chi connectivity index (χ2v) is 7.44. The number of methoxy groups -OCH3 is 1. The van der Waals surface area contributed by atoms with Gasteiger partial charge in [-0.25, -0.2) is 19.6 Å². The number of rotatable bonds is 4. The highest BCUT2D eigenvalue weighted by atomic mass is 35.5. The van der Waals surface area contributed by atoms with E-state index >= 15 is 0 Å². The molecule has 8 nitrogen and oxygen atoms in total. The van der Waals surface area contributed by atoms with E-state index in [0.29, 0.717) is 30.9 Å². The van der Waals surface area contributed by atoms with Crippen molar-refractivity contribution in [2.75, 3.05) is 37.0 Å². The van der Waals surface area contributed by atoms with Crippen molar-refractivity contribution in [3.05, 3.63) is 47.4 Å². The lowest BCUT2D eigenvalue weighted by molar-refractivity contribution is 0.0602. The molecule has 9 heteroatoms. The average Bonchev–Trinajstić information content (AvgIpc) is 2.73. The normalized spacial score (nSPS) is 16.7. The maximum atomic E-state index is 13.0. The van der Waals surface area contributed by atoms with Crippen LogP contribution < -0.4 is 10.2 Å². The number of hydrogen-bond acceptors (Lipinski definition) is 6. The molecule has 0 saturated carbocycles. The first-order valence-corrected chi connectivity index (χ1v) is 9.77. The van der Waals surface area contributed by atoms with Gasteiger partial charge in [-0.2, -0.15) is 0 Å². The van der Waals surface area contributed by atoms with Crippen LogP contribution >= 0.6 is 11.6 Å². The van der Waals surface area contributed by atoms with Crippen LogP contribution in [0.2, 0.25) is 5.28 Å². The molecule has 2 aromatic rings. The van der Waals surface area contributed by atoms with Crippen molar-refractivity contribution in [3.63, 3.8) is 0 Å². The number of ether oxygens (including phenoxy) is 1. The van der Waals surface area contributed by atoms with Crippen molar-refractivity contribution in [2.45, 2.75) is 19.9 Å². The molecule has 3 rings (SSSR count). The number of urea groups is 1. The Kier molecular flexibility index (Phi) is 6.53. The van der Waals surface area contributed by atoms with Gasteiger partial charge in [0, 0.05) is 25.8 Å². The number of halogens is 1. The van der Waals surface area contributed by atoms with Gasteiger partial charge in [-0.3, -0.25) is 0 Å². The quantitative estimate of drug-likeness (QED) is 0.606. The summed E-state index contributed by atoms with van der Waals surface area (Å²) in [5.41, 5.74) is 0.746. The highest BCUT2D eigenvalue weighted by Gasteiger charge is 2.33. The third-order valence-electron chi connectivity index (χ3n) is 4.96. The van der Waals surface area contributed by atoms with Crippen LogP contribution in [-0.4, -0.2) is 59.7 Å². The van der Waals surface area contributed by atoms with Crippen LogP contribution in [0.15, 0.2) is 36.5 Å². The van der Waals surface area contributed by atoms with Gasteiger partial charge in [-0.05, 0) is 35.7 Å². The second-order valence-electron chi connectivity index (χ2n) is 7.10. The number of amides is 2. The van der Waals surface area contributed by atoms with Gasteiger partial charge < -0.3 is 19.9 Å². The molecular weight excluding hydrogens is 394 g/mol. The maximum Gasteiger partial charge on any atom is 0.339 e. The Morgan fingerprint density at radius 2 is 2.00 bits per heavy atom. The highest BCUT2D eigenvalue weighted by Crippen LogP contribution is 2.24. The average molecular weight is 418 g/mol. The van der Waals surface area contributed by atoms with E-state index in [2.05, 4.69) is 34.0 Å². The van der Waals surface area contributed by atoms with Crippen LogP contribution in [0.3, 0.4) is 0 Å². The molecule has 2 heterocycles. The molecule has 0 aliphatic carbocycles. The lowest BCUT2D eigenvalue weighted by atomic mass is 10.00. The van der Waals surface area contributed by atoms with Crippen LogP contribution in [-0.2, 0) is 4.74 Å². The van der Waals surface area contributed by atoms with Gasteiger partial charge in [0.2, 0.25) is 5.28 Å². The van der Waals surface area contributed by atoms with Gasteiger partial charge in [0.1, 0.15) is 5.82 Å². The number of benzene rings is 1. The summed E-state index contributed by atoms with van der Waals surface area (Å²) in [5.74, 6) is 0.468. The van der Waals surface area contributed by atoms with Crippen molar-refractivity contribution >= 4 is 35.1 Å². The first kappa shape index (κ1) is 20.9. The Morgan fingerprint density at radius 1 is 1.24 bits per heavy atom. The summed E-state index contributed by atoms with van der Waals surface area (Å²) < 4.78 is 4.80. The Bertz CT molecular complexity index is 892. The molecule has 1 aromatic carbocycles. The minimum atomic E-state index is -0.494. The standard InChI is InChI=1S/C20H24ClN5O3/c1-13(2)16-12-25(17-8-9-22-19(21)24-17)10-11-26(16)20(28)23-15-7-5-4-6-14(15)18(27)29-3/h4-9,13,16H,10-12H2,1-3H3,(H,23,28). The third kappa shape index (κ3) is 4.76. The first-order valence-electron chi connectivity index (χ1n) is 9.39. The molecule has 1 saturated heterocycles. The number of anilines is 2. The third-order valence-corrected chi connectivity index (χ3v) is 5.14. The fourth-order valence-electron chi connectivity index (χ4n) is 3.41. The van der Waals surface area contributed by atoms with E-state index < -0.39 is 5.97 Å². The van der Waals surface area contributed by atoms with E-state index in [1.54, 1.807) is 35.4 Å². The van der Waals surface area contributed by atoms with Crippen LogP contribution in [0.4, 0.5) is 16.3 Å². The van der Waals surface area contributed by atoms with Gasteiger partial charge in [0.25, 0.3) is 0 Å². The summed E-state index contributed by atoms with van der Waals surface area (Å²) in [5, 5.41) is 3.06. The molecule has 0 spiro atoms. The van der Waals surface area contributed by atoms with E-state index in [4.69, 9.17) is 16.3 Å². The molecule has 1 atom stereocenters. The molecule has 2 amide bonds. The molecule has 1 aliphatic heterocycles. The van der Waals surface area contributed by atoms with Crippen LogP contribution in [0.5, 0.6) is 0 Å². The van der Waals surface area contributed by atoms with Gasteiger partial charge >= 0.3 is 12.0 Å². The Hall–Kier alpha value is -2.87. The molecule has 0 radical (unpaired) electrons. The molecule has 1 aromatic heterocycles. The SMILES string of the molecule is COC(=O)c1ccccc1NC(=O)N1CCN(c2ccnc(Cl)n2)CC1C(C)C. The van der Waals surface area contributed by atoms with Crippen LogP contribution in [0, 0.1) is 5.92 Å². The lowest BCUT2D eigenvalue weighted by Gasteiger charge is -2.43. The monoisotopic (exact) mass is 417 g/mol. The van der Waals surface area contributed by atoms with Crippen LogP contribution in [0.1, 0.15) is 24.2 Å². The highest BCUT2D eigenvalue weighted by molar-refractivity contribution is 6.28. The fourth-order valence-corrected chi connectivity index (χ4v) is 3.55. The zero-order valence-electron chi connectivity index (χ0n) is 16.6. The molecule has 1 unspecified atom stereocenters. The number of piperazine rings is 1. The molecule has 1 N–H and O–H groups in total. The van der Waals surface area contributed by atoms with Crippen molar-refractivity contribution in [1.29, 1.82) is 0 Å². The minimum absolute atomic E-state index is 0.0391. The Morgan fingerprint density at radius 3 is 2.69 bits per heavy atom. The molecule has 1 aliphatic rings. The number of carbonyl (C=O) groups is 2. The van der Waals surface area contributed by atoms with E-state index in [1.165, 1.54) is 7.11 Å². The topological polar surface area (TPSA) is 87.7 Å². The largest absolute Gasteiger partial charge is 0.465 e. The maximum absolute atomic E-state index is 13.0. The van der Waals surface area contributed by atoms with E-state index in [-0.39, 0.29) is 23.3 Å². The fraction of sp³-hybridized carbons (Fsp3) is 0.400. The van der Waals surface area contributed by atoms with E-state index in [0.717, 1.165) is 5.82 Å². The molecule has 154 valence electrons. The number of nitrogens with one attached hydrogen (secondary N) is 1. The number of esters is 1. The van der Waals surface area contributed by atoms with Crippen molar-refractivity contribution in [1.82, 2.24) is 14.9 Å². The molecule has 0 bridgehead atoms.